The van der Waals surface area contributed by atoms with Gasteiger partial charge in [0.05, 0.1) is 13.2 Å². The normalized spacial score (nSPS) is 21.0. The Kier molecular flexibility index (Phi) is 33.2. The van der Waals surface area contributed by atoms with Crippen LogP contribution in [0.25, 0.3) is 0 Å². The van der Waals surface area contributed by atoms with Crippen LogP contribution in [0.15, 0.2) is 48.6 Å². The van der Waals surface area contributed by atoms with Crippen molar-refractivity contribution in [3.63, 3.8) is 0 Å². The molecule has 0 aromatic heterocycles. The number of carbonyl (C=O) groups is 2. The lowest BCUT2D eigenvalue weighted by Crippen LogP contribution is -2.59. The highest BCUT2D eigenvalue weighted by Crippen LogP contribution is 2.22. The predicted octanol–water partition coefficient (Wildman–Crippen LogP) is 8.88. The third kappa shape index (κ3) is 27.8. The second-order valence-corrected chi connectivity index (χ2v) is 14.8. The van der Waals surface area contributed by atoms with Crippen LogP contribution in [0.4, 0.5) is 0 Å². The van der Waals surface area contributed by atoms with Gasteiger partial charge in [0, 0.05) is 12.8 Å². The molecule has 4 N–H and O–H groups in total. The van der Waals surface area contributed by atoms with Crippen molar-refractivity contribution in [1.29, 1.82) is 0 Å². The predicted molar refractivity (Wildman–Crippen MR) is 219 cm³/mol. The first kappa shape index (κ1) is 50.7. The number of allylic oxidation sites excluding steroid dienone is 8. The average Bonchev–Trinajstić information content (AvgIpc) is 3.18. The van der Waals surface area contributed by atoms with Crippen LogP contribution in [0.5, 0.6) is 0 Å². The minimum Gasteiger partial charge on any atom is -0.462 e. The Labute approximate surface area is 333 Å². The molecule has 10 heteroatoms. The van der Waals surface area contributed by atoms with Crippen molar-refractivity contribution in [3.05, 3.63) is 48.6 Å². The van der Waals surface area contributed by atoms with Gasteiger partial charge < -0.3 is 39.4 Å². The van der Waals surface area contributed by atoms with E-state index in [2.05, 4.69) is 62.5 Å². The lowest BCUT2D eigenvalue weighted by atomic mass is 9.99. The average molecular weight is 779 g/mol. The van der Waals surface area contributed by atoms with Crippen LogP contribution in [0.2, 0.25) is 0 Å². The van der Waals surface area contributed by atoms with Gasteiger partial charge >= 0.3 is 11.9 Å². The number of ether oxygens (including phenoxy) is 4. The van der Waals surface area contributed by atoms with Crippen LogP contribution < -0.4 is 0 Å². The fourth-order valence-corrected chi connectivity index (χ4v) is 6.30. The third-order valence-corrected chi connectivity index (χ3v) is 9.73. The summed E-state index contributed by atoms with van der Waals surface area (Å²) < 4.78 is 22.1. The molecule has 0 radical (unpaired) electrons. The van der Waals surface area contributed by atoms with Gasteiger partial charge in [0.15, 0.2) is 12.4 Å². The van der Waals surface area contributed by atoms with E-state index in [4.69, 9.17) is 18.9 Å². The van der Waals surface area contributed by atoms with E-state index >= 15 is 0 Å². The molecule has 0 saturated carbocycles. The summed E-state index contributed by atoms with van der Waals surface area (Å²) in [4.78, 5) is 25.3. The number of carbonyl (C=O) groups excluding carboxylic acids is 2. The zero-order valence-corrected chi connectivity index (χ0v) is 34.4. The zero-order valence-electron chi connectivity index (χ0n) is 34.4. The van der Waals surface area contributed by atoms with Crippen LogP contribution in [0.3, 0.4) is 0 Å². The van der Waals surface area contributed by atoms with E-state index in [-0.39, 0.29) is 32.0 Å². The van der Waals surface area contributed by atoms with E-state index in [1.807, 2.05) is 0 Å². The Morgan fingerprint density at radius 2 is 1.07 bits per heavy atom. The molecule has 1 aliphatic heterocycles. The molecular weight excluding hydrogens is 700 g/mol. The minimum absolute atomic E-state index is 0.213. The first-order valence-corrected chi connectivity index (χ1v) is 21.7. The lowest BCUT2D eigenvalue weighted by molar-refractivity contribution is -0.305. The zero-order chi connectivity index (χ0) is 40.2. The van der Waals surface area contributed by atoms with E-state index in [0.717, 1.165) is 83.5 Å². The number of hydrogen-bond acceptors (Lipinski definition) is 10. The Morgan fingerprint density at radius 3 is 1.62 bits per heavy atom. The molecule has 1 heterocycles. The quantitative estimate of drug-likeness (QED) is 0.0279. The van der Waals surface area contributed by atoms with E-state index in [0.29, 0.717) is 6.42 Å². The number of aliphatic hydroxyl groups excluding tert-OH is 4. The SMILES string of the molecule is CC/C=C\C/C=C\C/C=C\C/C=C\CCCCCCCCC(=O)OC(COC(=O)CCCCCCCCCCCCC)COC1OC(CO)C(O)C(O)C1O. The maximum absolute atomic E-state index is 12.8. The molecule has 6 atom stereocenters. The first-order valence-electron chi connectivity index (χ1n) is 21.7. The number of unbranched alkanes of at least 4 members (excludes halogenated alkanes) is 16. The summed E-state index contributed by atoms with van der Waals surface area (Å²) in [6.45, 7) is 3.28. The van der Waals surface area contributed by atoms with E-state index in [9.17, 15) is 30.0 Å². The van der Waals surface area contributed by atoms with E-state index < -0.39 is 49.4 Å². The van der Waals surface area contributed by atoms with Crippen LogP contribution in [-0.4, -0.2) is 89.0 Å². The van der Waals surface area contributed by atoms with Crippen molar-refractivity contribution >= 4 is 11.9 Å². The summed E-state index contributed by atoms with van der Waals surface area (Å²) in [6.07, 6.45) is 34.0. The molecule has 318 valence electrons. The topological polar surface area (TPSA) is 152 Å². The van der Waals surface area contributed by atoms with Crippen LogP contribution >= 0.6 is 0 Å². The fraction of sp³-hybridized carbons (Fsp3) is 0.778. The molecule has 6 unspecified atom stereocenters. The van der Waals surface area contributed by atoms with Crippen molar-refractivity contribution in [2.75, 3.05) is 19.8 Å². The van der Waals surface area contributed by atoms with Crippen molar-refractivity contribution in [2.45, 2.75) is 205 Å². The molecule has 1 rings (SSSR count). The largest absolute Gasteiger partial charge is 0.462 e. The van der Waals surface area contributed by atoms with Gasteiger partial charge in [0.2, 0.25) is 0 Å². The lowest BCUT2D eigenvalue weighted by Gasteiger charge is -2.39. The second-order valence-electron chi connectivity index (χ2n) is 14.8. The standard InChI is InChI=1S/C45H78O10/c1-3-5-7-9-11-13-15-16-17-18-19-20-21-22-24-26-28-30-32-34-41(48)54-38(37-53-45-44(51)43(50)42(49)39(35-46)55-45)36-52-40(47)33-31-29-27-25-23-14-12-10-8-6-4-2/h5,7,11,13,16-17,19-20,38-39,42-46,49-51H,3-4,6,8-10,12,14-15,18,21-37H2,1-2H3/b7-5-,13-11-,17-16-,20-19-. The van der Waals surface area contributed by atoms with Gasteiger partial charge in [-0.3, -0.25) is 9.59 Å². The molecule has 1 fully saturated rings. The first-order chi connectivity index (χ1) is 26.8. The monoisotopic (exact) mass is 779 g/mol. The Balaban J connectivity index is 2.34. The Morgan fingerprint density at radius 1 is 0.582 bits per heavy atom. The van der Waals surface area contributed by atoms with Gasteiger partial charge in [-0.15, -0.1) is 0 Å². The molecular formula is C45H78O10. The highest BCUT2D eigenvalue weighted by molar-refractivity contribution is 5.70. The van der Waals surface area contributed by atoms with E-state index in [1.165, 1.54) is 51.4 Å². The number of hydrogen-bond donors (Lipinski definition) is 4. The summed E-state index contributed by atoms with van der Waals surface area (Å²) in [5.74, 6) is -0.824. The molecule has 1 saturated heterocycles. The van der Waals surface area contributed by atoms with Gasteiger partial charge in [0.1, 0.15) is 31.0 Å². The van der Waals surface area contributed by atoms with Gasteiger partial charge in [-0.25, -0.2) is 0 Å². The van der Waals surface area contributed by atoms with Crippen LogP contribution in [-0.2, 0) is 28.5 Å². The van der Waals surface area contributed by atoms with E-state index in [1.54, 1.807) is 0 Å². The van der Waals surface area contributed by atoms with Crippen molar-refractivity contribution < 1.29 is 49.0 Å². The summed E-state index contributed by atoms with van der Waals surface area (Å²) in [5, 5.41) is 40.0. The molecule has 0 spiro atoms. The van der Waals surface area contributed by atoms with Crippen molar-refractivity contribution in [2.24, 2.45) is 0 Å². The van der Waals surface area contributed by atoms with Gasteiger partial charge in [-0.05, 0) is 51.4 Å². The fourth-order valence-electron chi connectivity index (χ4n) is 6.30. The molecule has 0 aromatic rings. The van der Waals surface area contributed by atoms with Gasteiger partial charge in [-0.2, -0.15) is 0 Å². The minimum atomic E-state index is -1.60. The van der Waals surface area contributed by atoms with Crippen LogP contribution in [0, 0.1) is 0 Å². The molecule has 10 nitrogen and oxygen atoms in total. The molecule has 0 aromatic carbocycles. The maximum Gasteiger partial charge on any atom is 0.306 e. The molecule has 0 aliphatic carbocycles. The molecule has 55 heavy (non-hydrogen) atoms. The van der Waals surface area contributed by atoms with Crippen molar-refractivity contribution in [1.82, 2.24) is 0 Å². The second kappa shape index (κ2) is 36.0. The highest BCUT2D eigenvalue weighted by atomic mass is 16.7. The summed E-state index contributed by atoms with van der Waals surface area (Å²) in [7, 11) is 0. The summed E-state index contributed by atoms with van der Waals surface area (Å²) >= 11 is 0. The third-order valence-electron chi connectivity index (χ3n) is 9.73. The number of aliphatic hydroxyl groups is 4. The van der Waals surface area contributed by atoms with Crippen molar-refractivity contribution in [3.8, 4) is 0 Å². The highest BCUT2D eigenvalue weighted by Gasteiger charge is 2.44. The Bertz CT molecular complexity index is 1040. The molecule has 1 aliphatic rings. The number of rotatable bonds is 35. The smallest absolute Gasteiger partial charge is 0.306 e. The molecule has 0 amide bonds. The summed E-state index contributed by atoms with van der Waals surface area (Å²) in [5.41, 5.74) is 0. The van der Waals surface area contributed by atoms with Crippen LogP contribution in [0.1, 0.15) is 168 Å². The molecule has 0 bridgehead atoms. The number of esters is 2. The van der Waals surface area contributed by atoms with Gasteiger partial charge in [0.25, 0.3) is 0 Å². The maximum atomic E-state index is 12.8. The van der Waals surface area contributed by atoms with Gasteiger partial charge in [-0.1, -0.05) is 152 Å². The summed E-state index contributed by atoms with van der Waals surface area (Å²) in [6, 6.07) is 0. The Hall–Kier alpha value is -2.34.